The molecule has 0 atom stereocenters. The summed E-state index contributed by atoms with van der Waals surface area (Å²) in [6.45, 7) is 2.69. The molecule has 1 aromatic rings. The molecule has 0 spiro atoms. The van der Waals surface area contributed by atoms with E-state index in [2.05, 4.69) is 6.08 Å². The molecular weight excluding hydrogens is 182 g/mol. The summed E-state index contributed by atoms with van der Waals surface area (Å²) in [4.78, 5) is 0. The number of hydrogen-bond acceptors (Lipinski definition) is 1. The number of benzene rings is 1. The van der Waals surface area contributed by atoms with Crippen molar-refractivity contribution in [3.8, 4) is 0 Å². The van der Waals surface area contributed by atoms with E-state index < -0.39 is 0 Å². The van der Waals surface area contributed by atoms with Crippen LogP contribution in [0.4, 0.5) is 0 Å². The standard InChI is InChI=1S/C11H14ClN/c1-9-5-6-10(8-11(9)12)4-2-3-7-13/h2,4-6,8H,3,7,13H2,1H3/b4-2+. The van der Waals surface area contributed by atoms with Gasteiger partial charge in [-0.25, -0.2) is 0 Å². The SMILES string of the molecule is Cc1ccc(/C=C/CCN)cc1Cl. The largest absolute Gasteiger partial charge is 0.330 e. The van der Waals surface area contributed by atoms with Crippen molar-refractivity contribution in [2.45, 2.75) is 13.3 Å². The van der Waals surface area contributed by atoms with E-state index in [4.69, 9.17) is 17.3 Å². The van der Waals surface area contributed by atoms with E-state index in [-0.39, 0.29) is 0 Å². The smallest absolute Gasteiger partial charge is 0.0441 e. The zero-order valence-electron chi connectivity index (χ0n) is 7.76. The first-order valence-electron chi connectivity index (χ1n) is 4.37. The first-order chi connectivity index (χ1) is 6.24. The van der Waals surface area contributed by atoms with Crippen molar-refractivity contribution < 1.29 is 0 Å². The van der Waals surface area contributed by atoms with Crippen LogP contribution in [0.2, 0.25) is 5.02 Å². The minimum Gasteiger partial charge on any atom is -0.330 e. The summed E-state index contributed by atoms with van der Waals surface area (Å²) in [5.74, 6) is 0. The van der Waals surface area contributed by atoms with Gasteiger partial charge in [0.1, 0.15) is 0 Å². The van der Waals surface area contributed by atoms with Gasteiger partial charge in [-0.15, -0.1) is 0 Å². The highest BCUT2D eigenvalue weighted by Gasteiger charge is 1.93. The Labute approximate surface area is 84.2 Å². The normalized spacial score (nSPS) is 11.0. The first-order valence-corrected chi connectivity index (χ1v) is 4.74. The molecule has 1 nitrogen and oxygen atoms in total. The molecule has 0 radical (unpaired) electrons. The lowest BCUT2D eigenvalue weighted by atomic mass is 10.1. The molecule has 1 aromatic carbocycles. The van der Waals surface area contributed by atoms with Gasteiger partial charge in [0, 0.05) is 5.02 Å². The summed E-state index contributed by atoms with van der Waals surface area (Å²) in [5.41, 5.74) is 7.61. The van der Waals surface area contributed by atoms with E-state index >= 15 is 0 Å². The Morgan fingerprint density at radius 3 is 2.85 bits per heavy atom. The Hall–Kier alpha value is -0.790. The van der Waals surface area contributed by atoms with E-state index in [9.17, 15) is 0 Å². The Balaban J connectivity index is 2.73. The second kappa shape index (κ2) is 5.05. The van der Waals surface area contributed by atoms with Crippen molar-refractivity contribution in [1.82, 2.24) is 0 Å². The summed E-state index contributed by atoms with van der Waals surface area (Å²) >= 11 is 5.97. The molecule has 0 saturated heterocycles. The lowest BCUT2D eigenvalue weighted by molar-refractivity contribution is 1.01. The summed E-state index contributed by atoms with van der Waals surface area (Å²) in [7, 11) is 0. The van der Waals surface area contributed by atoms with Crippen LogP contribution in [-0.2, 0) is 0 Å². The number of halogens is 1. The number of hydrogen-bond donors (Lipinski definition) is 1. The van der Waals surface area contributed by atoms with Crippen molar-refractivity contribution in [2.24, 2.45) is 5.73 Å². The topological polar surface area (TPSA) is 26.0 Å². The molecule has 0 aliphatic heterocycles. The van der Waals surface area contributed by atoms with Crippen molar-refractivity contribution in [3.05, 3.63) is 40.4 Å². The van der Waals surface area contributed by atoms with Gasteiger partial charge in [-0.05, 0) is 37.1 Å². The second-order valence-corrected chi connectivity index (χ2v) is 3.40. The van der Waals surface area contributed by atoms with Crippen LogP contribution in [-0.4, -0.2) is 6.54 Å². The molecule has 2 N–H and O–H groups in total. The molecule has 0 aromatic heterocycles. The maximum atomic E-state index is 5.97. The first kappa shape index (κ1) is 10.3. The Bertz CT molecular complexity index is 305. The zero-order chi connectivity index (χ0) is 9.68. The molecule has 0 amide bonds. The van der Waals surface area contributed by atoms with Crippen molar-refractivity contribution in [1.29, 1.82) is 0 Å². The fourth-order valence-electron chi connectivity index (χ4n) is 1.03. The summed E-state index contributed by atoms with van der Waals surface area (Å²) in [6.07, 6.45) is 5.00. The molecule has 2 heteroatoms. The number of nitrogens with two attached hydrogens (primary N) is 1. The second-order valence-electron chi connectivity index (χ2n) is 2.99. The summed E-state index contributed by atoms with van der Waals surface area (Å²) in [5, 5.41) is 0.815. The summed E-state index contributed by atoms with van der Waals surface area (Å²) in [6, 6.07) is 6.03. The van der Waals surface area contributed by atoms with E-state index in [1.807, 2.05) is 31.2 Å². The van der Waals surface area contributed by atoms with E-state index in [0.717, 1.165) is 22.6 Å². The van der Waals surface area contributed by atoms with Crippen LogP contribution >= 0.6 is 11.6 Å². The lowest BCUT2D eigenvalue weighted by Crippen LogP contribution is -1.94. The zero-order valence-corrected chi connectivity index (χ0v) is 8.51. The number of rotatable bonds is 3. The van der Waals surface area contributed by atoms with Crippen LogP contribution in [0, 0.1) is 6.92 Å². The molecule has 0 aliphatic rings. The average Bonchev–Trinajstić information content (AvgIpc) is 2.12. The molecule has 0 saturated carbocycles. The highest BCUT2D eigenvalue weighted by atomic mass is 35.5. The van der Waals surface area contributed by atoms with E-state index in [0.29, 0.717) is 6.54 Å². The molecule has 0 fully saturated rings. The third kappa shape index (κ3) is 3.21. The fraction of sp³-hybridized carbons (Fsp3) is 0.273. The van der Waals surface area contributed by atoms with Gasteiger partial charge in [-0.3, -0.25) is 0 Å². The Morgan fingerprint density at radius 2 is 2.23 bits per heavy atom. The van der Waals surface area contributed by atoms with Gasteiger partial charge >= 0.3 is 0 Å². The van der Waals surface area contributed by atoms with Crippen LogP contribution in [0.1, 0.15) is 17.5 Å². The molecule has 13 heavy (non-hydrogen) atoms. The molecule has 0 aliphatic carbocycles. The monoisotopic (exact) mass is 195 g/mol. The maximum absolute atomic E-state index is 5.97. The lowest BCUT2D eigenvalue weighted by Gasteiger charge is -1.98. The fourth-order valence-corrected chi connectivity index (χ4v) is 1.22. The molecule has 0 heterocycles. The molecular formula is C11H14ClN. The highest BCUT2D eigenvalue weighted by Crippen LogP contribution is 2.17. The Morgan fingerprint density at radius 1 is 1.46 bits per heavy atom. The maximum Gasteiger partial charge on any atom is 0.0441 e. The minimum atomic E-state index is 0.691. The Kier molecular flexibility index (Phi) is 4.00. The van der Waals surface area contributed by atoms with Gasteiger partial charge in [0.15, 0.2) is 0 Å². The average molecular weight is 196 g/mol. The van der Waals surface area contributed by atoms with Crippen molar-refractivity contribution in [3.63, 3.8) is 0 Å². The third-order valence-corrected chi connectivity index (χ3v) is 2.25. The van der Waals surface area contributed by atoms with E-state index in [1.54, 1.807) is 0 Å². The van der Waals surface area contributed by atoms with Crippen molar-refractivity contribution in [2.75, 3.05) is 6.54 Å². The van der Waals surface area contributed by atoms with Crippen molar-refractivity contribution >= 4 is 17.7 Å². The third-order valence-electron chi connectivity index (χ3n) is 1.84. The van der Waals surface area contributed by atoms with Crippen LogP contribution in [0.15, 0.2) is 24.3 Å². The minimum absolute atomic E-state index is 0.691. The van der Waals surface area contributed by atoms with Gasteiger partial charge < -0.3 is 5.73 Å². The molecule has 1 rings (SSSR count). The molecule has 70 valence electrons. The van der Waals surface area contributed by atoms with Gasteiger partial charge in [0.05, 0.1) is 0 Å². The molecule has 0 bridgehead atoms. The van der Waals surface area contributed by atoms with Gasteiger partial charge in [-0.1, -0.05) is 35.9 Å². The van der Waals surface area contributed by atoms with Crippen LogP contribution in [0.25, 0.3) is 6.08 Å². The predicted molar refractivity (Wildman–Crippen MR) is 58.9 cm³/mol. The van der Waals surface area contributed by atoms with Gasteiger partial charge in [0.2, 0.25) is 0 Å². The van der Waals surface area contributed by atoms with E-state index in [1.165, 1.54) is 0 Å². The summed E-state index contributed by atoms with van der Waals surface area (Å²) < 4.78 is 0. The number of aryl methyl sites for hydroxylation is 1. The predicted octanol–water partition coefficient (Wildman–Crippen LogP) is 3.01. The van der Waals surface area contributed by atoms with Gasteiger partial charge in [-0.2, -0.15) is 0 Å². The van der Waals surface area contributed by atoms with Gasteiger partial charge in [0.25, 0.3) is 0 Å². The van der Waals surface area contributed by atoms with Crippen LogP contribution in [0.5, 0.6) is 0 Å². The van der Waals surface area contributed by atoms with Crippen LogP contribution in [0.3, 0.4) is 0 Å². The molecule has 0 unspecified atom stereocenters. The highest BCUT2D eigenvalue weighted by molar-refractivity contribution is 6.31. The quantitative estimate of drug-likeness (QED) is 0.789. The van der Waals surface area contributed by atoms with Crippen LogP contribution < -0.4 is 5.73 Å².